The van der Waals surface area contributed by atoms with E-state index < -0.39 is 12.6 Å². The summed E-state index contributed by atoms with van der Waals surface area (Å²) in [7, 11) is 1.57. The van der Waals surface area contributed by atoms with Crippen LogP contribution in [-0.4, -0.2) is 30.9 Å². The van der Waals surface area contributed by atoms with Crippen LogP contribution in [0, 0.1) is 5.92 Å². The number of carbonyl (C=O) groups excluding carboxylic acids is 1. The average Bonchev–Trinajstić information content (AvgIpc) is 2.89. The number of rotatable bonds is 18. The number of hydrogen-bond donors (Lipinski definition) is 1. The van der Waals surface area contributed by atoms with Crippen LogP contribution in [0.5, 0.6) is 11.5 Å². The van der Waals surface area contributed by atoms with E-state index in [4.69, 9.17) is 24.4 Å². The van der Waals surface area contributed by atoms with Gasteiger partial charge in [0.2, 0.25) is 0 Å². The molecule has 0 atom stereocenters. The Morgan fingerprint density at radius 2 is 1.57 bits per heavy atom. The molecular formula is C29H46O6. The molecular weight excluding hydrogens is 444 g/mol. The highest BCUT2D eigenvalue weighted by Gasteiger charge is 2.21. The van der Waals surface area contributed by atoms with Gasteiger partial charge in [0.25, 0.3) is 0 Å². The Bertz CT molecular complexity index is 739. The topological polar surface area (TPSA) is 74.2 Å². The fourth-order valence-corrected chi connectivity index (χ4v) is 4.63. The largest absolute Gasteiger partial charge is 0.497 e. The standard InChI is InChI=1S/C29H46O6/c1-4-5-6-7-8-9-10-11-12-13-24-14-16-26(17-15-24)33-22-25-18-27(32-3)20-28(19-25)34-35-29(31)23(2)21-30/h18-20,24,26,30H,2,4-17,21-22H2,1,3H3. The summed E-state index contributed by atoms with van der Waals surface area (Å²) in [6.07, 6.45) is 18.8. The lowest BCUT2D eigenvalue weighted by atomic mass is 9.84. The van der Waals surface area contributed by atoms with Crippen molar-refractivity contribution in [2.45, 2.75) is 110 Å². The number of aliphatic hydroxyl groups is 1. The van der Waals surface area contributed by atoms with Crippen molar-refractivity contribution < 1.29 is 29.1 Å². The number of carbonyl (C=O) groups is 1. The highest BCUT2D eigenvalue weighted by Crippen LogP contribution is 2.31. The lowest BCUT2D eigenvalue weighted by Gasteiger charge is -2.28. The quantitative estimate of drug-likeness (QED) is 0.103. The molecule has 0 unspecified atom stereocenters. The first-order valence-corrected chi connectivity index (χ1v) is 13.5. The molecule has 1 aromatic rings. The Hall–Kier alpha value is -2.05. The van der Waals surface area contributed by atoms with Crippen molar-refractivity contribution in [2.24, 2.45) is 5.92 Å². The zero-order valence-electron chi connectivity index (χ0n) is 21.9. The molecule has 1 fully saturated rings. The summed E-state index contributed by atoms with van der Waals surface area (Å²) in [6.45, 7) is 5.64. The van der Waals surface area contributed by atoms with E-state index in [-0.39, 0.29) is 11.7 Å². The maximum Gasteiger partial charge on any atom is 0.383 e. The molecule has 6 heteroatoms. The van der Waals surface area contributed by atoms with Gasteiger partial charge in [-0.15, -0.1) is 0 Å². The summed E-state index contributed by atoms with van der Waals surface area (Å²) >= 11 is 0. The second-order valence-electron chi connectivity index (χ2n) is 9.80. The van der Waals surface area contributed by atoms with Gasteiger partial charge in [-0.3, -0.25) is 4.89 Å². The average molecular weight is 491 g/mol. The van der Waals surface area contributed by atoms with Gasteiger partial charge in [0, 0.05) is 6.07 Å². The number of unbranched alkanes of at least 4 members (excludes halogenated alkanes) is 8. The Morgan fingerprint density at radius 3 is 2.20 bits per heavy atom. The van der Waals surface area contributed by atoms with Crippen LogP contribution in [0.15, 0.2) is 30.4 Å². The van der Waals surface area contributed by atoms with Gasteiger partial charge >= 0.3 is 5.97 Å². The van der Waals surface area contributed by atoms with Crippen LogP contribution < -0.4 is 9.62 Å². The Balaban J connectivity index is 1.64. The van der Waals surface area contributed by atoms with E-state index in [1.54, 1.807) is 19.2 Å². The molecule has 0 saturated heterocycles. The van der Waals surface area contributed by atoms with Gasteiger partial charge in [-0.05, 0) is 49.3 Å². The van der Waals surface area contributed by atoms with Crippen molar-refractivity contribution in [1.82, 2.24) is 0 Å². The fourth-order valence-electron chi connectivity index (χ4n) is 4.63. The van der Waals surface area contributed by atoms with Gasteiger partial charge in [0.1, 0.15) is 5.75 Å². The van der Waals surface area contributed by atoms with Gasteiger partial charge in [-0.1, -0.05) is 77.7 Å². The minimum absolute atomic E-state index is 0.0788. The molecule has 1 aliphatic carbocycles. The molecule has 2 rings (SSSR count). The second kappa shape index (κ2) is 17.4. The monoisotopic (exact) mass is 490 g/mol. The molecule has 6 nitrogen and oxygen atoms in total. The maximum absolute atomic E-state index is 11.6. The van der Waals surface area contributed by atoms with E-state index in [2.05, 4.69) is 13.5 Å². The van der Waals surface area contributed by atoms with Gasteiger partial charge in [-0.2, -0.15) is 0 Å². The summed E-state index contributed by atoms with van der Waals surface area (Å²) in [4.78, 5) is 21.5. The van der Waals surface area contributed by atoms with Crippen LogP contribution >= 0.6 is 0 Å². The summed E-state index contributed by atoms with van der Waals surface area (Å²) in [6, 6.07) is 5.26. The number of aliphatic hydroxyl groups excluding tert-OH is 1. The van der Waals surface area contributed by atoms with E-state index >= 15 is 0 Å². The molecule has 1 saturated carbocycles. The van der Waals surface area contributed by atoms with Gasteiger partial charge < -0.3 is 14.6 Å². The lowest BCUT2D eigenvalue weighted by molar-refractivity contribution is -0.209. The Morgan fingerprint density at radius 1 is 0.943 bits per heavy atom. The predicted molar refractivity (Wildman–Crippen MR) is 138 cm³/mol. The van der Waals surface area contributed by atoms with E-state index in [1.165, 1.54) is 77.0 Å². The number of benzene rings is 1. The van der Waals surface area contributed by atoms with Crippen molar-refractivity contribution in [3.05, 3.63) is 35.9 Å². The minimum atomic E-state index is -0.813. The van der Waals surface area contributed by atoms with Crippen molar-refractivity contribution in [3.63, 3.8) is 0 Å². The number of hydrogen-bond acceptors (Lipinski definition) is 6. The molecule has 35 heavy (non-hydrogen) atoms. The van der Waals surface area contributed by atoms with Crippen LogP contribution in [0.3, 0.4) is 0 Å². The predicted octanol–water partition coefficient (Wildman–Crippen LogP) is 7.08. The molecule has 198 valence electrons. The zero-order chi connectivity index (χ0) is 25.3. The van der Waals surface area contributed by atoms with Crippen LogP contribution in [0.4, 0.5) is 0 Å². The third kappa shape index (κ3) is 12.0. The first-order chi connectivity index (χ1) is 17.0. The van der Waals surface area contributed by atoms with E-state index in [1.807, 2.05) is 6.07 Å². The minimum Gasteiger partial charge on any atom is -0.497 e. The van der Waals surface area contributed by atoms with E-state index in [9.17, 15) is 4.79 Å². The smallest absolute Gasteiger partial charge is 0.383 e. The second-order valence-corrected chi connectivity index (χ2v) is 9.80. The molecule has 1 N–H and O–H groups in total. The molecule has 1 aliphatic rings. The van der Waals surface area contributed by atoms with Gasteiger partial charge in [-0.25, -0.2) is 9.68 Å². The maximum atomic E-state index is 11.6. The van der Waals surface area contributed by atoms with Gasteiger partial charge in [0.05, 0.1) is 32.0 Å². The molecule has 0 radical (unpaired) electrons. The fraction of sp³-hybridized carbons (Fsp3) is 0.690. The third-order valence-corrected chi connectivity index (χ3v) is 6.86. The Kier molecular flexibility index (Phi) is 14.5. The Labute approximate surface area is 211 Å². The summed E-state index contributed by atoms with van der Waals surface area (Å²) in [5.74, 6) is 0.946. The van der Waals surface area contributed by atoms with Crippen LogP contribution in [0.2, 0.25) is 0 Å². The highest BCUT2D eigenvalue weighted by atomic mass is 17.2. The summed E-state index contributed by atoms with van der Waals surface area (Å²) in [5.41, 5.74) is 0.804. The molecule has 0 heterocycles. The molecule has 0 aromatic heterocycles. The third-order valence-electron chi connectivity index (χ3n) is 6.86. The SMILES string of the molecule is C=C(CO)C(=O)OOc1cc(COC2CCC(CCCCCCCCCCC)CC2)cc(OC)c1. The van der Waals surface area contributed by atoms with E-state index in [0.717, 1.165) is 24.3 Å². The molecule has 0 spiro atoms. The molecule has 0 aliphatic heterocycles. The molecule has 1 aromatic carbocycles. The molecule has 0 amide bonds. The highest BCUT2D eigenvalue weighted by molar-refractivity contribution is 5.87. The van der Waals surface area contributed by atoms with Crippen molar-refractivity contribution in [1.29, 1.82) is 0 Å². The van der Waals surface area contributed by atoms with Crippen molar-refractivity contribution >= 4 is 5.97 Å². The van der Waals surface area contributed by atoms with Crippen LogP contribution in [0.25, 0.3) is 0 Å². The van der Waals surface area contributed by atoms with E-state index in [0.29, 0.717) is 18.1 Å². The lowest BCUT2D eigenvalue weighted by Crippen LogP contribution is -2.21. The summed E-state index contributed by atoms with van der Waals surface area (Å²) < 4.78 is 11.5. The normalized spacial score (nSPS) is 17.7. The number of methoxy groups -OCH3 is 1. The van der Waals surface area contributed by atoms with Crippen LogP contribution in [-0.2, 0) is 21.0 Å². The number of ether oxygens (including phenoxy) is 2. The van der Waals surface area contributed by atoms with Gasteiger partial charge in [0.15, 0.2) is 5.75 Å². The summed E-state index contributed by atoms with van der Waals surface area (Å²) in [5, 5.41) is 8.95. The zero-order valence-corrected chi connectivity index (χ0v) is 21.9. The van der Waals surface area contributed by atoms with Crippen LogP contribution in [0.1, 0.15) is 102 Å². The molecule has 0 bridgehead atoms. The first kappa shape index (κ1) is 29.2. The van der Waals surface area contributed by atoms with Crippen molar-refractivity contribution in [3.8, 4) is 11.5 Å². The first-order valence-electron chi connectivity index (χ1n) is 13.5. The van der Waals surface area contributed by atoms with Crippen molar-refractivity contribution in [2.75, 3.05) is 13.7 Å².